The third kappa shape index (κ3) is 3.60. The molecule has 19 heavy (non-hydrogen) atoms. The summed E-state index contributed by atoms with van der Waals surface area (Å²) >= 11 is 2.79. The Morgan fingerprint density at radius 2 is 2.37 bits per heavy atom. The van der Waals surface area contributed by atoms with Crippen molar-refractivity contribution in [2.24, 2.45) is 0 Å². The largest absolute Gasteiger partial charge is 0.374 e. The van der Waals surface area contributed by atoms with Gasteiger partial charge < -0.3 is 10.6 Å². The van der Waals surface area contributed by atoms with Crippen molar-refractivity contribution < 1.29 is 4.79 Å². The molecule has 0 unspecified atom stereocenters. The second-order valence-electron chi connectivity index (χ2n) is 4.76. The predicted molar refractivity (Wildman–Crippen MR) is 79.3 cm³/mol. The molecule has 7 heteroatoms. The van der Waals surface area contributed by atoms with Crippen molar-refractivity contribution >= 4 is 34.1 Å². The third-order valence-electron chi connectivity index (χ3n) is 3.43. The molecule has 2 N–H and O–H groups in total. The average molecular weight is 300 g/mol. The summed E-state index contributed by atoms with van der Waals surface area (Å²) in [5.74, 6) is 0.213. The molecule has 1 fully saturated rings. The number of nitrogens with zero attached hydrogens (tertiary/aromatic N) is 3. The molecule has 0 aromatic carbocycles. The van der Waals surface area contributed by atoms with Crippen LogP contribution in [0, 0.1) is 0 Å². The summed E-state index contributed by atoms with van der Waals surface area (Å²) in [7, 11) is 0. The monoisotopic (exact) mass is 300 g/mol. The van der Waals surface area contributed by atoms with Crippen molar-refractivity contribution in [1.82, 2.24) is 15.1 Å². The topological polar surface area (TPSA) is 72.1 Å². The van der Waals surface area contributed by atoms with Crippen LogP contribution in [0.2, 0.25) is 0 Å². The number of aromatic nitrogens is 2. The number of hydrogen-bond acceptors (Lipinski definition) is 6. The Hall–Kier alpha value is -0.820. The summed E-state index contributed by atoms with van der Waals surface area (Å²) < 4.78 is 0.767. The summed E-state index contributed by atoms with van der Waals surface area (Å²) in [6.45, 7) is 4.98. The number of thioether (sulfide) groups is 1. The molecule has 0 bridgehead atoms. The molecule has 2 heterocycles. The van der Waals surface area contributed by atoms with Gasteiger partial charge in [0.1, 0.15) is 0 Å². The molecular weight excluding hydrogens is 280 g/mol. The fraction of sp³-hybridized carbons (Fsp3) is 0.750. The first-order chi connectivity index (χ1) is 9.11. The van der Waals surface area contributed by atoms with Crippen molar-refractivity contribution in [3.05, 3.63) is 0 Å². The highest BCUT2D eigenvalue weighted by atomic mass is 32.2. The van der Waals surface area contributed by atoms with Crippen LogP contribution in [-0.4, -0.2) is 38.8 Å². The molecule has 2 atom stereocenters. The van der Waals surface area contributed by atoms with Crippen molar-refractivity contribution in [3.63, 3.8) is 0 Å². The van der Waals surface area contributed by atoms with Crippen LogP contribution in [0.4, 0.5) is 5.13 Å². The van der Waals surface area contributed by atoms with Crippen LogP contribution in [0.5, 0.6) is 0 Å². The molecule has 0 radical (unpaired) electrons. The zero-order valence-electron chi connectivity index (χ0n) is 11.3. The standard InChI is InChI=1S/C12H20N4OS2/c1-3-9-6-4-5-7-16(9)10(17)8(2)18-12-15-14-11(13)19-12/h8-9H,3-7H2,1-2H3,(H2,13,14)/t8-,9+/m1/s1. The average Bonchev–Trinajstić information content (AvgIpc) is 2.83. The first kappa shape index (κ1) is 14.6. The van der Waals surface area contributed by atoms with E-state index in [9.17, 15) is 4.79 Å². The number of amides is 1. The fourth-order valence-corrected chi connectivity index (χ4v) is 4.27. The number of likely N-dealkylation sites (tertiary alicyclic amines) is 1. The Balaban J connectivity index is 1.97. The van der Waals surface area contributed by atoms with Gasteiger partial charge in [0.2, 0.25) is 11.0 Å². The summed E-state index contributed by atoms with van der Waals surface area (Å²) in [6, 6.07) is 0.406. The fourth-order valence-electron chi connectivity index (χ4n) is 2.42. The van der Waals surface area contributed by atoms with Crippen molar-refractivity contribution in [2.75, 3.05) is 12.3 Å². The number of piperidine rings is 1. The first-order valence-corrected chi connectivity index (χ1v) is 8.37. The number of rotatable bonds is 4. The van der Waals surface area contributed by atoms with E-state index in [1.54, 1.807) is 0 Å². The lowest BCUT2D eigenvalue weighted by molar-refractivity contribution is -0.134. The van der Waals surface area contributed by atoms with Gasteiger partial charge in [0.15, 0.2) is 4.34 Å². The maximum Gasteiger partial charge on any atom is 0.236 e. The molecule has 1 amide bonds. The van der Waals surface area contributed by atoms with E-state index < -0.39 is 0 Å². The van der Waals surface area contributed by atoms with Gasteiger partial charge in [-0.1, -0.05) is 30.0 Å². The van der Waals surface area contributed by atoms with Crippen LogP contribution < -0.4 is 5.73 Å². The second kappa shape index (κ2) is 6.56. The molecule has 106 valence electrons. The summed E-state index contributed by atoms with van der Waals surface area (Å²) in [6.07, 6.45) is 4.52. The third-order valence-corrected chi connectivity index (χ3v) is 5.35. The van der Waals surface area contributed by atoms with Crippen molar-refractivity contribution in [1.29, 1.82) is 0 Å². The normalized spacial score (nSPS) is 21.4. The van der Waals surface area contributed by atoms with E-state index in [0.29, 0.717) is 11.2 Å². The van der Waals surface area contributed by atoms with E-state index in [4.69, 9.17) is 5.73 Å². The van der Waals surface area contributed by atoms with Gasteiger partial charge in [0, 0.05) is 12.6 Å². The number of nitrogens with two attached hydrogens (primary N) is 1. The minimum atomic E-state index is -0.125. The Labute approximate surface area is 122 Å². The minimum Gasteiger partial charge on any atom is -0.374 e. The highest BCUT2D eigenvalue weighted by Crippen LogP contribution is 2.30. The lowest BCUT2D eigenvalue weighted by atomic mass is 10.00. The van der Waals surface area contributed by atoms with Crippen LogP contribution in [0.3, 0.4) is 0 Å². The van der Waals surface area contributed by atoms with E-state index in [1.807, 2.05) is 11.8 Å². The highest BCUT2D eigenvalue weighted by molar-refractivity contribution is 8.02. The number of carbonyl (C=O) groups excluding carboxylic acids is 1. The SMILES string of the molecule is CC[C@H]1CCCCN1C(=O)[C@@H](C)Sc1nnc(N)s1. The quantitative estimate of drug-likeness (QED) is 0.864. The molecule has 0 saturated carbocycles. The minimum absolute atomic E-state index is 0.125. The number of anilines is 1. The van der Waals surface area contributed by atoms with Gasteiger partial charge in [0.25, 0.3) is 0 Å². The van der Waals surface area contributed by atoms with Gasteiger partial charge >= 0.3 is 0 Å². The molecule has 1 aromatic rings. The summed E-state index contributed by atoms with van der Waals surface area (Å²) in [4.78, 5) is 14.6. The van der Waals surface area contributed by atoms with Crippen LogP contribution in [0.1, 0.15) is 39.5 Å². The zero-order chi connectivity index (χ0) is 13.8. The van der Waals surface area contributed by atoms with Crippen LogP contribution in [0.15, 0.2) is 4.34 Å². The maximum absolute atomic E-state index is 12.5. The molecular formula is C12H20N4OS2. The van der Waals surface area contributed by atoms with Gasteiger partial charge in [-0.3, -0.25) is 4.79 Å². The maximum atomic E-state index is 12.5. The van der Waals surface area contributed by atoms with E-state index >= 15 is 0 Å². The van der Waals surface area contributed by atoms with Gasteiger partial charge in [-0.2, -0.15) is 0 Å². The van der Waals surface area contributed by atoms with Crippen LogP contribution in [-0.2, 0) is 4.79 Å². The number of nitrogen functional groups attached to an aromatic ring is 1. The van der Waals surface area contributed by atoms with Crippen molar-refractivity contribution in [3.8, 4) is 0 Å². The highest BCUT2D eigenvalue weighted by Gasteiger charge is 2.29. The molecule has 1 saturated heterocycles. The molecule has 2 rings (SSSR count). The summed E-state index contributed by atoms with van der Waals surface area (Å²) in [5, 5.41) is 8.06. The molecule has 1 aliphatic heterocycles. The van der Waals surface area contributed by atoms with Crippen LogP contribution in [0.25, 0.3) is 0 Å². The van der Waals surface area contributed by atoms with E-state index in [2.05, 4.69) is 17.1 Å². The Morgan fingerprint density at radius 1 is 1.58 bits per heavy atom. The van der Waals surface area contributed by atoms with Gasteiger partial charge in [-0.05, 0) is 32.6 Å². The van der Waals surface area contributed by atoms with Gasteiger partial charge in [-0.25, -0.2) is 0 Å². The Morgan fingerprint density at radius 3 is 3.00 bits per heavy atom. The Bertz CT molecular complexity index is 437. The van der Waals surface area contributed by atoms with E-state index in [0.717, 1.165) is 30.1 Å². The lowest BCUT2D eigenvalue weighted by Gasteiger charge is -2.36. The van der Waals surface area contributed by atoms with E-state index in [-0.39, 0.29) is 11.2 Å². The zero-order valence-corrected chi connectivity index (χ0v) is 13.0. The smallest absolute Gasteiger partial charge is 0.236 e. The van der Waals surface area contributed by atoms with E-state index in [1.165, 1.54) is 29.5 Å². The molecule has 0 aliphatic carbocycles. The number of carbonyl (C=O) groups is 1. The molecule has 1 aliphatic rings. The molecule has 1 aromatic heterocycles. The van der Waals surface area contributed by atoms with Gasteiger partial charge in [-0.15, -0.1) is 10.2 Å². The Kier molecular flexibility index (Phi) is 5.04. The van der Waals surface area contributed by atoms with Gasteiger partial charge in [0.05, 0.1) is 5.25 Å². The molecule has 5 nitrogen and oxygen atoms in total. The molecule has 0 spiro atoms. The first-order valence-electron chi connectivity index (χ1n) is 6.68. The van der Waals surface area contributed by atoms with Crippen LogP contribution >= 0.6 is 23.1 Å². The lowest BCUT2D eigenvalue weighted by Crippen LogP contribution is -2.46. The van der Waals surface area contributed by atoms with Crippen molar-refractivity contribution in [2.45, 2.75) is 55.2 Å². The summed E-state index contributed by atoms with van der Waals surface area (Å²) in [5.41, 5.74) is 5.55. The predicted octanol–water partition coefficient (Wildman–Crippen LogP) is 2.39. The second-order valence-corrected chi connectivity index (χ2v) is 7.35. The number of hydrogen-bond donors (Lipinski definition) is 1.